The van der Waals surface area contributed by atoms with E-state index in [-0.39, 0.29) is 18.6 Å². The van der Waals surface area contributed by atoms with E-state index in [4.69, 9.17) is 9.84 Å². The van der Waals surface area contributed by atoms with Gasteiger partial charge in [-0.05, 0) is 18.2 Å². The van der Waals surface area contributed by atoms with Crippen LogP contribution in [0.2, 0.25) is 0 Å². The van der Waals surface area contributed by atoms with Gasteiger partial charge in [-0.1, -0.05) is 0 Å². The van der Waals surface area contributed by atoms with E-state index in [1.54, 1.807) is 17.5 Å². The van der Waals surface area contributed by atoms with Gasteiger partial charge in [0.1, 0.15) is 0 Å². The van der Waals surface area contributed by atoms with E-state index in [1.165, 1.54) is 4.88 Å². The predicted octanol–water partition coefficient (Wildman–Crippen LogP) is 0.838. The molecule has 7 nitrogen and oxygen atoms in total. The van der Waals surface area contributed by atoms with Gasteiger partial charge >= 0.3 is 0 Å². The number of ether oxygens (including phenoxy) is 1. The summed E-state index contributed by atoms with van der Waals surface area (Å²) in [5.41, 5.74) is 1.02. The van der Waals surface area contributed by atoms with E-state index in [9.17, 15) is 4.79 Å². The van der Waals surface area contributed by atoms with Crippen molar-refractivity contribution in [3.8, 4) is 10.6 Å². The topological polar surface area (TPSA) is 90.5 Å². The first-order chi connectivity index (χ1) is 11.8. The number of carbonyl (C=O) groups is 1. The standard InChI is InChI=1S/C16H22N4O3S/c21-7-5-17-16(22)9-12-11-23-8-6-20(12)10-13-1-2-15(24-13)14-3-4-18-19-14/h1-4,12,21H,5-11H2,(H,17,22)(H,18,19). The summed E-state index contributed by atoms with van der Waals surface area (Å²) < 4.78 is 5.54. The average Bonchev–Trinajstić information content (AvgIpc) is 3.26. The number of amides is 1. The molecule has 2 aromatic rings. The van der Waals surface area contributed by atoms with Gasteiger partial charge < -0.3 is 15.2 Å². The first-order valence-electron chi connectivity index (χ1n) is 8.04. The van der Waals surface area contributed by atoms with E-state index < -0.39 is 0 Å². The van der Waals surface area contributed by atoms with Crippen LogP contribution in [-0.4, -0.2) is 65.1 Å². The smallest absolute Gasteiger partial charge is 0.221 e. The molecule has 3 N–H and O–H groups in total. The summed E-state index contributed by atoms with van der Waals surface area (Å²) in [6.07, 6.45) is 2.14. The number of aliphatic hydroxyl groups is 1. The molecular weight excluding hydrogens is 328 g/mol. The summed E-state index contributed by atoms with van der Waals surface area (Å²) in [7, 11) is 0. The lowest BCUT2D eigenvalue weighted by molar-refractivity contribution is -0.124. The van der Waals surface area contributed by atoms with Crippen LogP contribution in [0.15, 0.2) is 24.4 Å². The number of H-pyrrole nitrogens is 1. The number of hydrogen-bond acceptors (Lipinski definition) is 6. The second kappa shape index (κ2) is 8.39. The maximum Gasteiger partial charge on any atom is 0.221 e. The maximum atomic E-state index is 11.9. The fourth-order valence-corrected chi connectivity index (χ4v) is 3.78. The number of nitrogens with one attached hydrogen (secondary N) is 2. The highest BCUT2D eigenvalue weighted by molar-refractivity contribution is 7.15. The maximum absolute atomic E-state index is 11.9. The molecule has 1 saturated heterocycles. The zero-order valence-corrected chi connectivity index (χ0v) is 14.2. The van der Waals surface area contributed by atoms with Crippen LogP contribution in [0.4, 0.5) is 0 Å². The quantitative estimate of drug-likeness (QED) is 0.688. The molecule has 0 spiro atoms. The number of rotatable bonds is 7. The van der Waals surface area contributed by atoms with Gasteiger partial charge in [0.2, 0.25) is 5.91 Å². The summed E-state index contributed by atoms with van der Waals surface area (Å²) >= 11 is 1.73. The SMILES string of the molecule is O=C(CC1COCCN1Cc1ccc(-c2ccn[nH]2)s1)NCCO. The van der Waals surface area contributed by atoms with E-state index in [0.29, 0.717) is 26.2 Å². The molecule has 1 amide bonds. The van der Waals surface area contributed by atoms with E-state index >= 15 is 0 Å². The minimum atomic E-state index is -0.0473. The van der Waals surface area contributed by atoms with E-state index in [1.807, 2.05) is 6.07 Å². The Hall–Kier alpha value is -1.74. The van der Waals surface area contributed by atoms with Crippen molar-refractivity contribution in [2.24, 2.45) is 0 Å². The number of nitrogens with zero attached hydrogens (tertiary/aromatic N) is 2. The number of aliphatic hydroxyl groups excluding tert-OH is 1. The van der Waals surface area contributed by atoms with Gasteiger partial charge in [0.25, 0.3) is 0 Å². The van der Waals surface area contributed by atoms with Crippen LogP contribution < -0.4 is 5.32 Å². The Kier molecular flexibility index (Phi) is 5.97. The normalized spacial score (nSPS) is 18.6. The third-order valence-corrected chi connectivity index (χ3v) is 5.09. The van der Waals surface area contributed by atoms with Gasteiger partial charge in [-0.15, -0.1) is 11.3 Å². The molecule has 0 saturated carbocycles. The predicted molar refractivity (Wildman–Crippen MR) is 91.6 cm³/mol. The molecule has 1 fully saturated rings. The van der Waals surface area contributed by atoms with Gasteiger partial charge in [-0.25, -0.2) is 0 Å². The van der Waals surface area contributed by atoms with Crippen molar-refractivity contribution >= 4 is 17.2 Å². The molecule has 0 aliphatic carbocycles. The summed E-state index contributed by atoms with van der Waals surface area (Å²) in [4.78, 5) is 16.6. The van der Waals surface area contributed by atoms with Gasteiger partial charge in [-0.2, -0.15) is 5.10 Å². The molecule has 24 heavy (non-hydrogen) atoms. The number of carbonyl (C=O) groups excluding carboxylic acids is 1. The van der Waals surface area contributed by atoms with Gasteiger partial charge in [0, 0.05) is 43.2 Å². The first kappa shape index (κ1) is 17.1. The molecule has 1 aliphatic rings. The first-order valence-corrected chi connectivity index (χ1v) is 8.85. The highest BCUT2D eigenvalue weighted by Crippen LogP contribution is 2.28. The van der Waals surface area contributed by atoms with Crippen LogP contribution in [0.5, 0.6) is 0 Å². The Morgan fingerprint density at radius 2 is 2.42 bits per heavy atom. The highest BCUT2D eigenvalue weighted by Gasteiger charge is 2.25. The van der Waals surface area contributed by atoms with Crippen LogP contribution in [-0.2, 0) is 16.1 Å². The lowest BCUT2D eigenvalue weighted by Crippen LogP contribution is -2.47. The van der Waals surface area contributed by atoms with Crippen molar-refractivity contribution in [3.05, 3.63) is 29.3 Å². The Morgan fingerprint density at radius 3 is 3.21 bits per heavy atom. The molecule has 8 heteroatoms. The molecule has 0 radical (unpaired) electrons. The molecule has 0 bridgehead atoms. The Balaban J connectivity index is 1.60. The molecule has 3 rings (SSSR count). The molecular formula is C16H22N4O3S. The molecule has 0 aromatic carbocycles. The third-order valence-electron chi connectivity index (χ3n) is 3.99. The molecule has 2 aromatic heterocycles. The third kappa shape index (κ3) is 4.41. The van der Waals surface area contributed by atoms with Crippen LogP contribution in [0, 0.1) is 0 Å². The van der Waals surface area contributed by atoms with E-state index in [2.05, 4.69) is 32.5 Å². The van der Waals surface area contributed by atoms with Crippen molar-refractivity contribution in [3.63, 3.8) is 0 Å². The lowest BCUT2D eigenvalue weighted by Gasteiger charge is -2.34. The minimum Gasteiger partial charge on any atom is -0.395 e. The van der Waals surface area contributed by atoms with Gasteiger partial charge in [0.05, 0.1) is 30.4 Å². The van der Waals surface area contributed by atoms with Crippen molar-refractivity contribution < 1.29 is 14.6 Å². The van der Waals surface area contributed by atoms with Crippen molar-refractivity contribution in [1.29, 1.82) is 0 Å². The Morgan fingerprint density at radius 1 is 1.50 bits per heavy atom. The molecule has 1 aliphatic heterocycles. The Labute approximate surface area is 144 Å². The summed E-state index contributed by atoms with van der Waals surface area (Å²) in [5, 5.41) is 18.5. The number of thiophene rings is 1. The van der Waals surface area contributed by atoms with Crippen molar-refractivity contribution in [2.75, 3.05) is 32.9 Å². The number of aromatic nitrogens is 2. The largest absolute Gasteiger partial charge is 0.395 e. The monoisotopic (exact) mass is 350 g/mol. The average molecular weight is 350 g/mol. The van der Waals surface area contributed by atoms with Crippen LogP contribution in [0.1, 0.15) is 11.3 Å². The zero-order chi connectivity index (χ0) is 16.8. The van der Waals surface area contributed by atoms with Crippen LogP contribution >= 0.6 is 11.3 Å². The van der Waals surface area contributed by atoms with Crippen LogP contribution in [0.25, 0.3) is 10.6 Å². The number of aromatic amines is 1. The van der Waals surface area contributed by atoms with Crippen LogP contribution in [0.3, 0.4) is 0 Å². The fourth-order valence-electron chi connectivity index (χ4n) is 2.77. The summed E-state index contributed by atoms with van der Waals surface area (Å²) in [5.74, 6) is -0.0473. The van der Waals surface area contributed by atoms with Gasteiger partial charge in [-0.3, -0.25) is 14.8 Å². The fraction of sp³-hybridized carbons (Fsp3) is 0.500. The highest BCUT2D eigenvalue weighted by atomic mass is 32.1. The summed E-state index contributed by atoms with van der Waals surface area (Å²) in [6.45, 7) is 3.13. The number of hydrogen-bond donors (Lipinski definition) is 3. The molecule has 1 unspecified atom stereocenters. The lowest BCUT2D eigenvalue weighted by atomic mass is 10.1. The second-order valence-electron chi connectivity index (χ2n) is 5.71. The zero-order valence-electron chi connectivity index (χ0n) is 13.4. The van der Waals surface area contributed by atoms with Gasteiger partial charge in [0.15, 0.2) is 0 Å². The van der Waals surface area contributed by atoms with Crippen molar-refractivity contribution in [2.45, 2.75) is 19.0 Å². The Bertz CT molecular complexity index is 644. The molecule has 3 heterocycles. The number of morpholine rings is 1. The van der Waals surface area contributed by atoms with E-state index in [0.717, 1.165) is 23.7 Å². The molecule has 130 valence electrons. The summed E-state index contributed by atoms with van der Waals surface area (Å²) in [6, 6.07) is 6.24. The molecule has 1 atom stereocenters. The van der Waals surface area contributed by atoms with Crippen molar-refractivity contribution in [1.82, 2.24) is 20.4 Å². The second-order valence-corrected chi connectivity index (χ2v) is 6.88. The minimum absolute atomic E-state index is 0.0395.